The Bertz CT molecular complexity index is 70.8. The number of rotatable bonds is 4. The van der Waals surface area contributed by atoms with Crippen LogP contribution < -0.4 is 0 Å². The first-order valence-electron chi connectivity index (χ1n) is 4.33. The third-order valence-electron chi connectivity index (χ3n) is 2.66. The molecule has 1 nitrogen and oxygen atoms in total. The highest BCUT2D eigenvalue weighted by molar-refractivity contribution is 4.67. The second-order valence-electron chi connectivity index (χ2n) is 3.20. The maximum Gasteiger partial charge on any atom is 0.00892 e. The van der Waals surface area contributed by atoms with Gasteiger partial charge in [0.25, 0.3) is 0 Å². The lowest BCUT2D eigenvalue weighted by molar-refractivity contribution is 0.205. The molecular formula is C9H21N. The molecule has 0 heterocycles. The topological polar surface area (TPSA) is 3.24 Å². The molecule has 1 heteroatoms. The lowest BCUT2D eigenvalue weighted by Crippen LogP contribution is -2.33. The molecule has 0 aromatic heterocycles. The molecule has 0 aromatic carbocycles. The van der Waals surface area contributed by atoms with E-state index in [-0.39, 0.29) is 0 Å². The minimum Gasteiger partial charge on any atom is -0.304 e. The van der Waals surface area contributed by atoms with E-state index in [1.807, 2.05) is 0 Å². The fraction of sp³-hybridized carbons (Fsp3) is 1.00. The van der Waals surface area contributed by atoms with E-state index in [1.165, 1.54) is 6.42 Å². The van der Waals surface area contributed by atoms with Crippen molar-refractivity contribution in [3.05, 3.63) is 0 Å². The Morgan fingerprint density at radius 1 is 1.20 bits per heavy atom. The smallest absolute Gasteiger partial charge is 0.00892 e. The van der Waals surface area contributed by atoms with Crippen molar-refractivity contribution in [2.24, 2.45) is 5.92 Å². The predicted octanol–water partition coefficient (Wildman–Crippen LogP) is 2.37. The van der Waals surface area contributed by atoms with Crippen LogP contribution in [0.15, 0.2) is 0 Å². The van der Waals surface area contributed by atoms with Crippen molar-refractivity contribution in [3.8, 4) is 0 Å². The van der Waals surface area contributed by atoms with Gasteiger partial charge in [-0.15, -0.1) is 0 Å². The average molecular weight is 143 g/mol. The summed E-state index contributed by atoms with van der Waals surface area (Å²) in [5, 5.41) is 0. The molecule has 0 saturated heterocycles. The molecule has 0 aromatic rings. The van der Waals surface area contributed by atoms with E-state index in [0.717, 1.165) is 18.5 Å². The van der Waals surface area contributed by atoms with Crippen LogP contribution in [0.25, 0.3) is 0 Å². The summed E-state index contributed by atoms with van der Waals surface area (Å²) < 4.78 is 0. The van der Waals surface area contributed by atoms with E-state index < -0.39 is 0 Å². The van der Waals surface area contributed by atoms with Gasteiger partial charge in [-0.2, -0.15) is 0 Å². The van der Waals surface area contributed by atoms with Gasteiger partial charge in [-0.05, 0) is 26.4 Å². The number of nitrogens with zero attached hydrogens (tertiary/aromatic N) is 1. The van der Waals surface area contributed by atoms with Crippen LogP contribution in [0.2, 0.25) is 0 Å². The summed E-state index contributed by atoms with van der Waals surface area (Å²) in [6, 6.07) is 0.731. The van der Waals surface area contributed by atoms with Crippen LogP contribution in [0, 0.1) is 5.92 Å². The first-order valence-corrected chi connectivity index (χ1v) is 4.33. The van der Waals surface area contributed by atoms with Gasteiger partial charge in [0.2, 0.25) is 0 Å². The van der Waals surface area contributed by atoms with Crippen LogP contribution in [0.3, 0.4) is 0 Å². The van der Waals surface area contributed by atoms with Gasteiger partial charge < -0.3 is 4.90 Å². The number of hydrogen-bond acceptors (Lipinski definition) is 1. The normalized spacial score (nSPS) is 17.4. The lowest BCUT2D eigenvalue weighted by Gasteiger charge is -2.27. The third-order valence-corrected chi connectivity index (χ3v) is 2.66. The van der Waals surface area contributed by atoms with E-state index in [2.05, 4.69) is 39.6 Å². The molecule has 10 heavy (non-hydrogen) atoms. The molecule has 0 N–H and O–H groups in total. The summed E-state index contributed by atoms with van der Waals surface area (Å²) in [6.07, 6.45) is 1.28. The summed E-state index contributed by atoms with van der Waals surface area (Å²) in [6.45, 7) is 10.2. The maximum atomic E-state index is 2.40. The van der Waals surface area contributed by atoms with Gasteiger partial charge in [-0.1, -0.05) is 27.2 Å². The average Bonchev–Trinajstić information content (AvgIpc) is 2.00. The molecule has 0 aliphatic carbocycles. The van der Waals surface area contributed by atoms with Gasteiger partial charge in [0.15, 0.2) is 0 Å². The summed E-state index contributed by atoms with van der Waals surface area (Å²) in [5.74, 6) is 0.824. The van der Waals surface area contributed by atoms with Crippen molar-refractivity contribution < 1.29 is 0 Å². The van der Waals surface area contributed by atoms with Gasteiger partial charge in [0.05, 0.1) is 0 Å². The Labute approximate surface area is 65.4 Å². The van der Waals surface area contributed by atoms with Gasteiger partial charge in [0.1, 0.15) is 0 Å². The fourth-order valence-electron chi connectivity index (χ4n) is 1.06. The molecule has 0 saturated carbocycles. The Hall–Kier alpha value is -0.0400. The predicted molar refractivity (Wildman–Crippen MR) is 47.2 cm³/mol. The first-order chi connectivity index (χ1) is 4.63. The molecule has 2 unspecified atom stereocenters. The van der Waals surface area contributed by atoms with E-state index >= 15 is 0 Å². The SMILES string of the molecule is CCC(C)C(C)N(C)CC. The Morgan fingerprint density at radius 2 is 1.70 bits per heavy atom. The third kappa shape index (κ3) is 2.70. The van der Waals surface area contributed by atoms with Gasteiger partial charge in [0, 0.05) is 6.04 Å². The Morgan fingerprint density at radius 3 is 2.00 bits per heavy atom. The Balaban J connectivity index is 3.69. The minimum atomic E-state index is 0.731. The van der Waals surface area contributed by atoms with Gasteiger partial charge in [-0.25, -0.2) is 0 Å². The standard InChI is InChI=1S/C9H21N/c1-6-8(3)9(4)10(5)7-2/h8-9H,6-7H2,1-5H3. The zero-order chi connectivity index (χ0) is 8.15. The zero-order valence-electron chi connectivity index (χ0n) is 8.02. The van der Waals surface area contributed by atoms with Crippen molar-refractivity contribution in [2.75, 3.05) is 13.6 Å². The quantitative estimate of drug-likeness (QED) is 0.584. The van der Waals surface area contributed by atoms with Crippen LogP contribution in [0.5, 0.6) is 0 Å². The fourth-order valence-corrected chi connectivity index (χ4v) is 1.06. The van der Waals surface area contributed by atoms with Crippen LogP contribution in [-0.2, 0) is 0 Å². The number of hydrogen-bond donors (Lipinski definition) is 0. The van der Waals surface area contributed by atoms with E-state index in [9.17, 15) is 0 Å². The molecule has 2 atom stereocenters. The summed E-state index contributed by atoms with van der Waals surface area (Å²) >= 11 is 0. The minimum absolute atomic E-state index is 0.731. The van der Waals surface area contributed by atoms with Crippen LogP contribution in [-0.4, -0.2) is 24.5 Å². The van der Waals surface area contributed by atoms with E-state index in [1.54, 1.807) is 0 Å². The monoisotopic (exact) mass is 143 g/mol. The van der Waals surface area contributed by atoms with Crippen molar-refractivity contribution in [1.82, 2.24) is 4.90 Å². The summed E-state index contributed by atoms with van der Waals surface area (Å²) in [5.41, 5.74) is 0. The second kappa shape index (κ2) is 4.73. The molecule has 0 aliphatic heterocycles. The molecule has 0 amide bonds. The molecule has 62 valence electrons. The van der Waals surface area contributed by atoms with Gasteiger partial charge in [-0.3, -0.25) is 0 Å². The molecule has 0 spiro atoms. The largest absolute Gasteiger partial charge is 0.304 e. The van der Waals surface area contributed by atoms with Crippen molar-refractivity contribution >= 4 is 0 Å². The van der Waals surface area contributed by atoms with Crippen LogP contribution in [0.4, 0.5) is 0 Å². The van der Waals surface area contributed by atoms with Crippen LogP contribution >= 0.6 is 0 Å². The van der Waals surface area contributed by atoms with Crippen molar-refractivity contribution in [3.63, 3.8) is 0 Å². The van der Waals surface area contributed by atoms with Crippen LogP contribution in [0.1, 0.15) is 34.1 Å². The molecule has 0 radical (unpaired) electrons. The highest BCUT2D eigenvalue weighted by Gasteiger charge is 2.12. The zero-order valence-corrected chi connectivity index (χ0v) is 8.02. The Kier molecular flexibility index (Phi) is 4.71. The van der Waals surface area contributed by atoms with Crippen molar-refractivity contribution in [2.45, 2.75) is 40.2 Å². The highest BCUT2D eigenvalue weighted by Crippen LogP contribution is 2.11. The summed E-state index contributed by atoms with van der Waals surface area (Å²) in [4.78, 5) is 2.40. The molecule has 0 aliphatic rings. The van der Waals surface area contributed by atoms with E-state index in [0.29, 0.717) is 0 Å². The second-order valence-corrected chi connectivity index (χ2v) is 3.20. The highest BCUT2D eigenvalue weighted by atomic mass is 15.1. The van der Waals surface area contributed by atoms with E-state index in [4.69, 9.17) is 0 Å². The lowest BCUT2D eigenvalue weighted by atomic mass is 10.00. The van der Waals surface area contributed by atoms with Crippen molar-refractivity contribution in [1.29, 1.82) is 0 Å². The maximum absolute atomic E-state index is 2.40. The first kappa shape index (κ1) is 9.96. The molecule has 0 rings (SSSR count). The molecular weight excluding hydrogens is 122 g/mol. The molecule has 0 fully saturated rings. The summed E-state index contributed by atoms with van der Waals surface area (Å²) in [7, 11) is 2.19. The van der Waals surface area contributed by atoms with Gasteiger partial charge >= 0.3 is 0 Å². The molecule has 0 bridgehead atoms.